The minimum Gasteiger partial charge on any atom is -0.493 e. The molecule has 3 heteroatoms. The van der Waals surface area contributed by atoms with Crippen molar-refractivity contribution in [1.82, 2.24) is 0 Å². The Morgan fingerprint density at radius 2 is 1.57 bits per heavy atom. The summed E-state index contributed by atoms with van der Waals surface area (Å²) in [7, 11) is 3.32. The van der Waals surface area contributed by atoms with Crippen LogP contribution in [0.25, 0.3) is 28.1 Å². The quantitative estimate of drug-likeness (QED) is 0.418. The van der Waals surface area contributed by atoms with E-state index in [9.17, 15) is 0 Å². The molecule has 28 heavy (non-hydrogen) atoms. The van der Waals surface area contributed by atoms with Crippen LogP contribution in [0.5, 0.6) is 11.5 Å². The minimum atomic E-state index is 0.730. The highest BCUT2D eigenvalue weighted by Crippen LogP contribution is 2.37. The Balaban J connectivity index is 1.79. The second-order valence-corrected chi connectivity index (χ2v) is 6.81. The fourth-order valence-electron chi connectivity index (χ4n) is 3.99. The van der Waals surface area contributed by atoms with Gasteiger partial charge >= 0.3 is 0 Å². The largest absolute Gasteiger partial charge is 0.493 e. The highest BCUT2D eigenvalue weighted by Gasteiger charge is 2.33. The highest BCUT2D eigenvalue weighted by molar-refractivity contribution is 6.02. The van der Waals surface area contributed by atoms with E-state index in [0.717, 1.165) is 17.1 Å². The Labute approximate surface area is 164 Å². The van der Waals surface area contributed by atoms with Crippen molar-refractivity contribution in [2.24, 2.45) is 0 Å². The van der Waals surface area contributed by atoms with E-state index in [1.54, 1.807) is 14.2 Å². The van der Waals surface area contributed by atoms with E-state index in [0.29, 0.717) is 0 Å². The van der Waals surface area contributed by atoms with Crippen LogP contribution in [-0.2, 0) is 0 Å². The first kappa shape index (κ1) is 16.6. The maximum absolute atomic E-state index is 5.49. The van der Waals surface area contributed by atoms with Crippen molar-refractivity contribution in [3.05, 3.63) is 95.8 Å². The van der Waals surface area contributed by atoms with Crippen LogP contribution in [0.2, 0.25) is 0 Å². The molecule has 0 unspecified atom stereocenters. The van der Waals surface area contributed by atoms with Crippen molar-refractivity contribution < 1.29 is 14.0 Å². The molecule has 0 saturated carbocycles. The van der Waals surface area contributed by atoms with Crippen LogP contribution in [0.1, 0.15) is 16.8 Å². The molecule has 0 fully saturated rings. The van der Waals surface area contributed by atoms with E-state index in [2.05, 4.69) is 77.5 Å². The summed E-state index contributed by atoms with van der Waals surface area (Å²) in [6, 6.07) is 25.3. The number of hydrogen-bond donors (Lipinski definition) is 0. The summed E-state index contributed by atoms with van der Waals surface area (Å²) in [6.45, 7) is 0. The van der Waals surface area contributed by atoms with Crippen LogP contribution < -0.4 is 14.0 Å². The van der Waals surface area contributed by atoms with E-state index in [4.69, 9.17) is 9.47 Å². The number of para-hydroxylation sites is 1. The molecular formula is C25H20NO2+. The minimum absolute atomic E-state index is 0.730. The summed E-state index contributed by atoms with van der Waals surface area (Å²) < 4.78 is 13.2. The first-order chi connectivity index (χ1) is 13.8. The van der Waals surface area contributed by atoms with Crippen molar-refractivity contribution in [3.63, 3.8) is 0 Å². The van der Waals surface area contributed by atoms with Crippen molar-refractivity contribution in [1.29, 1.82) is 0 Å². The van der Waals surface area contributed by atoms with Crippen molar-refractivity contribution in [3.8, 4) is 17.2 Å². The number of nitrogens with zero attached hydrogens (tertiary/aromatic N) is 1. The van der Waals surface area contributed by atoms with Gasteiger partial charge in [0.05, 0.1) is 30.7 Å². The summed E-state index contributed by atoms with van der Waals surface area (Å²) in [5, 5.41) is 2.48. The lowest BCUT2D eigenvalue weighted by atomic mass is 9.98. The Bertz CT molecular complexity index is 1240. The van der Waals surface area contributed by atoms with Gasteiger partial charge in [-0.1, -0.05) is 36.4 Å². The van der Waals surface area contributed by atoms with E-state index in [1.165, 1.54) is 33.3 Å². The molecule has 0 bridgehead atoms. The molecule has 0 radical (unpaired) electrons. The van der Waals surface area contributed by atoms with Gasteiger partial charge in [-0.15, -0.1) is 0 Å². The predicted molar refractivity (Wildman–Crippen MR) is 112 cm³/mol. The topological polar surface area (TPSA) is 22.3 Å². The van der Waals surface area contributed by atoms with Crippen LogP contribution in [0.3, 0.4) is 0 Å². The molecule has 3 aromatic carbocycles. The Hall–Kier alpha value is -3.59. The number of fused-ring (bicyclic) bond motifs is 5. The van der Waals surface area contributed by atoms with Crippen molar-refractivity contribution in [2.45, 2.75) is 0 Å². The number of rotatable bonds is 3. The third-order valence-electron chi connectivity index (χ3n) is 5.29. The maximum atomic E-state index is 5.49. The molecule has 3 nitrogen and oxygen atoms in total. The zero-order valence-corrected chi connectivity index (χ0v) is 15.8. The lowest BCUT2D eigenvalue weighted by Gasteiger charge is -2.08. The van der Waals surface area contributed by atoms with Gasteiger partial charge in [0.2, 0.25) is 11.4 Å². The molecule has 0 aliphatic carbocycles. The summed E-state index contributed by atoms with van der Waals surface area (Å²) in [5.74, 6) is 1.46. The average Bonchev–Trinajstić information content (AvgIpc) is 3.08. The number of ether oxygens (including phenoxy) is 2. The molecule has 0 atom stereocenters. The zero-order chi connectivity index (χ0) is 19.1. The third kappa shape index (κ3) is 2.48. The lowest BCUT2D eigenvalue weighted by molar-refractivity contribution is -0.592. The second kappa shape index (κ2) is 6.54. The molecule has 0 saturated heterocycles. The zero-order valence-electron chi connectivity index (χ0n) is 15.8. The molecule has 0 amide bonds. The fourth-order valence-corrected chi connectivity index (χ4v) is 3.99. The molecule has 0 spiro atoms. The van der Waals surface area contributed by atoms with Gasteiger partial charge in [0.1, 0.15) is 0 Å². The number of methoxy groups -OCH3 is 2. The summed E-state index contributed by atoms with van der Waals surface area (Å²) in [4.78, 5) is 0. The van der Waals surface area contributed by atoms with Crippen LogP contribution in [-0.4, -0.2) is 14.2 Å². The van der Waals surface area contributed by atoms with Gasteiger partial charge in [-0.2, -0.15) is 4.57 Å². The highest BCUT2D eigenvalue weighted by atomic mass is 16.5. The lowest BCUT2D eigenvalue weighted by Crippen LogP contribution is -2.30. The molecule has 5 rings (SSSR count). The smallest absolute Gasteiger partial charge is 0.227 e. The second-order valence-electron chi connectivity index (χ2n) is 6.81. The molecule has 2 heterocycles. The molecule has 0 N–H and O–H groups in total. The SMILES string of the molecule is COc1ccc(/C=C2/c3ccccc3-[n+]3ccc4ccccc4c32)cc1OC. The van der Waals surface area contributed by atoms with Gasteiger partial charge in [0.25, 0.3) is 0 Å². The fraction of sp³-hybridized carbons (Fsp3) is 0.0800. The molecule has 1 aliphatic rings. The normalized spacial score (nSPS) is 13.4. The molecule has 4 aromatic rings. The van der Waals surface area contributed by atoms with E-state index in [-0.39, 0.29) is 0 Å². The van der Waals surface area contributed by atoms with Gasteiger partial charge in [0, 0.05) is 12.1 Å². The molecule has 136 valence electrons. The number of aromatic nitrogens is 1. The van der Waals surface area contributed by atoms with E-state index in [1.807, 2.05) is 12.1 Å². The van der Waals surface area contributed by atoms with E-state index >= 15 is 0 Å². The summed E-state index contributed by atoms with van der Waals surface area (Å²) in [6.07, 6.45) is 4.39. The summed E-state index contributed by atoms with van der Waals surface area (Å²) in [5.41, 5.74) is 5.93. The predicted octanol–water partition coefficient (Wildman–Crippen LogP) is 5.04. The molecule has 1 aromatic heterocycles. The van der Waals surface area contributed by atoms with Gasteiger partial charge < -0.3 is 9.47 Å². The number of pyridine rings is 1. The van der Waals surface area contributed by atoms with Crippen molar-refractivity contribution >= 4 is 22.4 Å². The number of benzene rings is 3. The van der Waals surface area contributed by atoms with Crippen LogP contribution >= 0.6 is 0 Å². The van der Waals surface area contributed by atoms with Crippen LogP contribution in [0.15, 0.2) is 79.0 Å². The summed E-state index contributed by atoms with van der Waals surface area (Å²) >= 11 is 0. The average molecular weight is 366 g/mol. The van der Waals surface area contributed by atoms with E-state index < -0.39 is 0 Å². The first-order valence-electron chi connectivity index (χ1n) is 9.27. The Morgan fingerprint density at radius 1 is 0.786 bits per heavy atom. The van der Waals surface area contributed by atoms with Gasteiger partial charge in [-0.3, -0.25) is 0 Å². The Kier molecular flexibility index (Phi) is 3.87. The van der Waals surface area contributed by atoms with Crippen molar-refractivity contribution in [2.75, 3.05) is 14.2 Å². The van der Waals surface area contributed by atoms with Gasteiger partial charge in [-0.25, -0.2) is 0 Å². The van der Waals surface area contributed by atoms with Crippen LogP contribution in [0.4, 0.5) is 0 Å². The number of hydrogen-bond acceptors (Lipinski definition) is 2. The molecule has 1 aliphatic heterocycles. The Morgan fingerprint density at radius 3 is 2.43 bits per heavy atom. The maximum Gasteiger partial charge on any atom is 0.227 e. The van der Waals surface area contributed by atoms with Crippen LogP contribution in [0, 0.1) is 0 Å². The first-order valence-corrected chi connectivity index (χ1v) is 9.27. The van der Waals surface area contributed by atoms with Gasteiger partial charge in [-0.05, 0) is 41.3 Å². The van der Waals surface area contributed by atoms with Gasteiger partial charge in [0.15, 0.2) is 17.7 Å². The monoisotopic (exact) mass is 366 g/mol. The molecular weight excluding hydrogens is 346 g/mol. The third-order valence-corrected chi connectivity index (χ3v) is 5.29. The standard InChI is InChI=1S/C25H20NO2/c1-27-23-12-11-17(16-24(23)28-2)15-21-20-9-5-6-10-22(20)26-14-13-18-7-3-4-8-19(18)25(21)26/h3-16H,1-2H3/q+1/b21-15-.